The Kier molecular flexibility index (Phi) is 5.56. The molecule has 124 valence electrons. The van der Waals surface area contributed by atoms with E-state index in [2.05, 4.69) is 55.4 Å². The zero-order chi connectivity index (χ0) is 16.5. The van der Waals surface area contributed by atoms with Gasteiger partial charge in [-0.05, 0) is 55.8 Å². The van der Waals surface area contributed by atoms with Gasteiger partial charge < -0.3 is 4.74 Å². The molecule has 0 amide bonds. The maximum Gasteiger partial charge on any atom is 0.312 e. The molecule has 0 aromatic carbocycles. The van der Waals surface area contributed by atoms with Crippen LogP contribution in [-0.4, -0.2) is 12.1 Å². The van der Waals surface area contributed by atoms with Crippen molar-refractivity contribution in [3.63, 3.8) is 0 Å². The summed E-state index contributed by atoms with van der Waals surface area (Å²) in [5, 5.41) is 0. The SMILES string of the molecule is CC1CCC(OC(=O)C(C)(CC(C)(C)C)C(C)(C)C)CC1. The minimum Gasteiger partial charge on any atom is -0.462 e. The first-order valence-electron chi connectivity index (χ1n) is 8.56. The molecule has 21 heavy (non-hydrogen) atoms. The van der Waals surface area contributed by atoms with Gasteiger partial charge in [-0.15, -0.1) is 0 Å². The van der Waals surface area contributed by atoms with Crippen molar-refractivity contribution >= 4 is 5.97 Å². The average molecular weight is 296 g/mol. The highest BCUT2D eigenvalue weighted by Gasteiger charge is 2.48. The summed E-state index contributed by atoms with van der Waals surface area (Å²) in [6, 6.07) is 0. The van der Waals surface area contributed by atoms with E-state index in [0.717, 1.165) is 25.2 Å². The van der Waals surface area contributed by atoms with E-state index >= 15 is 0 Å². The number of hydrogen-bond donors (Lipinski definition) is 0. The fraction of sp³-hybridized carbons (Fsp3) is 0.947. The molecule has 1 unspecified atom stereocenters. The van der Waals surface area contributed by atoms with Crippen LogP contribution in [0.15, 0.2) is 0 Å². The van der Waals surface area contributed by atoms with Crippen LogP contribution in [0.1, 0.15) is 87.5 Å². The lowest BCUT2D eigenvalue weighted by Crippen LogP contribution is -2.45. The molecule has 1 rings (SSSR count). The van der Waals surface area contributed by atoms with Crippen LogP contribution in [0.5, 0.6) is 0 Å². The molecule has 1 fully saturated rings. The lowest BCUT2D eigenvalue weighted by atomic mass is 9.61. The zero-order valence-electron chi connectivity index (χ0n) is 15.5. The van der Waals surface area contributed by atoms with Crippen LogP contribution in [0.25, 0.3) is 0 Å². The van der Waals surface area contributed by atoms with Crippen molar-refractivity contribution in [2.75, 3.05) is 0 Å². The van der Waals surface area contributed by atoms with Crippen molar-refractivity contribution in [1.29, 1.82) is 0 Å². The first-order chi connectivity index (χ1) is 9.35. The van der Waals surface area contributed by atoms with Gasteiger partial charge >= 0.3 is 5.97 Å². The van der Waals surface area contributed by atoms with Gasteiger partial charge in [-0.25, -0.2) is 0 Å². The molecule has 0 aliphatic heterocycles. The number of hydrogen-bond acceptors (Lipinski definition) is 2. The second kappa shape index (κ2) is 6.30. The maximum atomic E-state index is 12.9. The smallest absolute Gasteiger partial charge is 0.312 e. The lowest BCUT2D eigenvalue weighted by Gasteiger charge is -2.44. The maximum absolute atomic E-state index is 12.9. The first-order valence-corrected chi connectivity index (χ1v) is 8.56. The summed E-state index contributed by atoms with van der Waals surface area (Å²) in [4.78, 5) is 12.9. The molecule has 0 aromatic rings. The number of esters is 1. The topological polar surface area (TPSA) is 26.3 Å². The van der Waals surface area contributed by atoms with E-state index in [1.807, 2.05) is 0 Å². The zero-order valence-corrected chi connectivity index (χ0v) is 15.5. The molecule has 0 spiro atoms. The molecule has 2 nitrogen and oxygen atoms in total. The first kappa shape index (κ1) is 18.5. The van der Waals surface area contributed by atoms with Crippen LogP contribution < -0.4 is 0 Å². The second-order valence-corrected chi connectivity index (χ2v) is 9.61. The predicted molar refractivity (Wildman–Crippen MR) is 89.1 cm³/mol. The predicted octanol–water partition coefficient (Wildman–Crippen LogP) is 5.60. The lowest BCUT2D eigenvalue weighted by molar-refractivity contribution is -0.172. The molecule has 1 atom stereocenters. The molecule has 1 saturated carbocycles. The highest BCUT2D eigenvalue weighted by atomic mass is 16.5. The van der Waals surface area contributed by atoms with Gasteiger partial charge in [-0.2, -0.15) is 0 Å². The highest BCUT2D eigenvalue weighted by molar-refractivity contribution is 5.77. The molecule has 0 radical (unpaired) electrons. The molecule has 0 bridgehead atoms. The summed E-state index contributed by atoms with van der Waals surface area (Å²) in [7, 11) is 0. The summed E-state index contributed by atoms with van der Waals surface area (Å²) in [5.41, 5.74) is -0.421. The Labute approximate surface area is 132 Å². The van der Waals surface area contributed by atoms with Crippen molar-refractivity contribution < 1.29 is 9.53 Å². The average Bonchev–Trinajstić information content (AvgIpc) is 2.28. The van der Waals surface area contributed by atoms with Gasteiger partial charge in [0, 0.05) is 0 Å². The summed E-state index contributed by atoms with van der Waals surface area (Å²) < 4.78 is 5.94. The normalized spacial score (nSPS) is 27.0. The quantitative estimate of drug-likeness (QED) is 0.634. The number of carbonyl (C=O) groups excluding carboxylic acids is 1. The van der Waals surface area contributed by atoms with Gasteiger partial charge in [-0.3, -0.25) is 4.79 Å². The molecular weight excluding hydrogens is 260 g/mol. The third-order valence-electron chi connectivity index (χ3n) is 5.23. The van der Waals surface area contributed by atoms with Crippen LogP contribution in [0.2, 0.25) is 0 Å². The number of rotatable bonds is 3. The molecule has 1 aliphatic rings. The Hall–Kier alpha value is -0.530. The summed E-state index contributed by atoms with van der Waals surface area (Å²) in [5.74, 6) is 0.785. The van der Waals surface area contributed by atoms with Crippen molar-refractivity contribution in [1.82, 2.24) is 0 Å². The largest absolute Gasteiger partial charge is 0.462 e. The van der Waals surface area contributed by atoms with Crippen LogP contribution in [0, 0.1) is 22.2 Å². The third-order valence-corrected chi connectivity index (χ3v) is 5.23. The minimum absolute atomic E-state index is 0.00415. The van der Waals surface area contributed by atoms with Gasteiger partial charge in [-0.1, -0.05) is 48.5 Å². The Morgan fingerprint density at radius 2 is 1.43 bits per heavy atom. The standard InChI is InChI=1S/C19H36O2/c1-14-9-11-15(12-10-14)21-16(20)19(8,18(5,6)7)13-17(2,3)4/h14-15H,9-13H2,1-8H3. The van der Waals surface area contributed by atoms with Gasteiger partial charge in [0.15, 0.2) is 0 Å². The van der Waals surface area contributed by atoms with Crippen molar-refractivity contribution in [2.24, 2.45) is 22.2 Å². The number of ether oxygens (including phenoxy) is 1. The van der Waals surface area contributed by atoms with Crippen LogP contribution in [-0.2, 0) is 9.53 Å². The van der Waals surface area contributed by atoms with Gasteiger partial charge in [0.2, 0.25) is 0 Å². The van der Waals surface area contributed by atoms with Crippen LogP contribution in [0.3, 0.4) is 0 Å². The molecule has 0 aromatic heterocycles. The molecule has 0 heterocycles. The molecular formula is C19H36O2. The summed E-state index contributed by atoms with van der Waals surface area (Å²) >= 11 is 0. The van der Waals surface area contributed by atoms with Crippen molar-refractivity contribution in [2.45, 2.75) is 93.6 Å². The Bertz CT molecular complexity index is 351. The van der Waals surface area contributed by atoms with E-state index in [4.69, 9.17) is 4.74 Å². The highest BCUT2D eigenvalue weighted by Crippen LogP contribution is 2.48. The monoisotopic (exact) mass is 296 g/mol. The minimum atomic E-state index is -0.436. The molecule has 2 heteroatoms. The van der Waals surface area contributed by atoms with E-state index in [-0.39, 0.29) is 22.9 Å². The van der Waals surface area contributed by atoms with E-state index in [9.17, 15) is 4.79 Å². The van der Waals surface area contributed by atoms with Gasteiger partial charge in [0.1, 0.15) is 6.10 Å². The fourth-order valence-corrected chi connectivity index (χ4v) is 3.33. The Morgan fingerprint density at radius 1 is 0.952 bits per heavy atom. The van der Waals surface area contributed by atoms with E-state index in [1.165, 1.54) is 12.8 Å². The van der Waals surface area contributed by atoms with Gasteiger partial charge in [0.25, 0.3) is 0 Å². The summed E-state index contributed by atoms with van der Waals surface area (Å²) in [6.45, 7) is 17.4. The van der Waals surface area contributed by atoms with Crippen LogP contribution in [0.4, 0.5) is 0 Å². The molecule has 0 N–H and O–H groups in total. The van der Waals surface area contributed by atoms with Gasteiger partial charge in [0.05, 0.1) is 5.41 Å². The van der Waals surface area contributed by atoms with Crippen molar-refractivity contribution in [3.8, 4) is 0 Å². The third kappa shape index (κ3) is 5.00. The molecule has 0 saturated heterocycles. The van der Waals surface area contributed by atoms with E-state index in [0.29, 0.717) is 0 Å². The van der Waals surface area contributed by atoms with E-state index < -0.39 is 5.41 Å². The number of carbonyl (C=O) groups is 1. The Balaban J connectivity index is 2.82. The fourth-order valence-electron chi connectivity index (χ4n) is 3.33. The summed E-state index contributed by atoms with van der Waals surface area (Å²) in [6.07, 6.45) is 5.42. The van der Waals surface area contributed by atoms with Crippen molar-refractivity contribution in [3.05, 3.63) is 0 Å². The van der Waals surface area contributed by atoms with E-state index in [1.54, 1.807) is 0 Å². The molecule has 1 aliphatic carbocycles. The second-order valence-electron chi connectivity index (χ2n) is 9.61. The van der Waals surface area contributed by atoms with Crippen LogP contribution >= 0.6 is 0 Å². The Morgan fingerprint density at radius 3 is 1.81 bits per heavy atom.